The van der Waals surface area contributed by atoms with Crippen molar-refractivity contribution in [2.45, 2.75) is 20.8 Å². The molecule has 0 aliphatic carbocycles. The fraction of sp³-hybridized carbons (Fsp3) is 0.111. The predicted octanol–water partition coefficient (Wildman–Crippen LogP) is 5.00. The van der Waals surface area contributed by atoms with Crippen LogP contribution in [0.15, 0.2) is 66.9 Å². The number of nitrogens with one attached hydrogen (secondary N) is 2. The molecule has 1 amide bonds. The van der Waals surface area contributed by atoms with Crippen LogP contribution < -0.4 is 10.6 Å². The van der Waals surface area contributed by atoms with Crippen molar-refractivity contribution in [3.8, 4) is 11.9 Å². The topological polar surface area (TPSA) is 121 Å². The number of fused-ring (bicyclic) bond motifs is 1. The zero-order chi connectivity index (χ0) is 25.2. The molecule has 3 heterocycles. The molecule has 0 radical (unpaired) electrons. The van der Waals surface area contributed by atoms with E-state index >= 15 is 0 Å². The number of amides is 1. The van der Waals surface area contributed by atoms with E-state index in [1.165, 1.54) is 10.9 Å². The van der Waals surface area contributed by atoms with E-state index in [1.54, 1.807) is 18.2 Å². The molecular formula is C27H22N8O. The van der Waals surface area contributed by atoms with Crippen LogP contribution in [0.2, 0.25) is 0 Å². The van der Waals surface area contributed by atoms with Gasteiger partial charge in [-0.1, -0.05) is 24.3 Å². The molecule has 5 aromatic rings. The van der Waals surface area contributed by atoms with Crippen LogP contribution in [0.25, 0.3) is 16.7 Å². The van der Waals surface area contributed by atoms with Gasteiger partial charge in [-0.15, -0.1) is 0 Å². The highest BCUT2D eigenvalue weighted by molar-refractivity contribution is 6.05. The van der Waals surface area contributed by atoms with Crippen molar-refractivity contribution >= 4 is 34.3 Å². The smallest absolute Gasteiger partial charge is 0.256 e. The molecule has 9 heteroatoms. The summed E-state index contributed by atoms with van der Waals surface area (Å²) in [4.78, 5) is 26.7. The average molecular weight is 475 g/mol. The molecule has 5 rings (SSSR count). The molecule has 0 aliphatic rings. The molecule has 2 aromatic carbocycles. The van der Waals surface area contributed by atoms with Crippen LogP contribution in [-0.4, -0.2) is 30.6 Å². The standard InChI is InChI=1S/C27H22N8O/c1-16-11-24(33-23-10-5-4-9-22(16)23)35-25(20(14-28)15-29-35)34-26(36)19-7-6-8-21(13-19)32-27-30-17(2)12-18(3)31-27/h4-13,15H,1-3H3,(H,34,36)(H,30,31,32). The van der Waals surface area contributed by atoms with Gasteiger partial charge in [-0.3, -0.25) is 4.79 Å². The first-order chi connectivity index (χ1) is 17.4. The Kier molecular flexibility index (Phi) is 5.84. The van der Waals surface area contributed by atoms with E-state index in [9.17, 15) is 10.1 Å². The Balaban J connectivity index is 1.45. The molecule has 0 saturated heterocycles. The van der Waals surface area contributed by atoms with Crippen molar-refractivity contribution < 1.29 is 4.79 Å². The molecule has 0 fully saturated rings. The Hall–Kier alpha value is -5.10. The van der Waals surface area contributed by atoms with E-state index in [0.29, 0.717) is 23.0 Å². The summed E-state index contributed by atoms with van der Waals surface area (Å²) in [7, 11) is 0. The number of aryl methyl sites for hydroxylation is 3. The van der Waals surface area contributed by atoms with E-state index in [0.717, 1.165) is 27.9 Å². The number of anilines is 3. The van der Waals surface area contributed by atoms with Crippen LogP contribution in [0.5, 0.6) is 0 Å². The molecule has 36 heavy (non-hydrogen) atoms. The number of aromatic nitrogens is 5. The van der Waals surface area contributed by atoms with Gasteiger partial charge < -0.3 is 10.6 Å². The summed E-state index contributed by atoms with van der Waals surface area (Å²) in [6.07, 6.45) is 1.41. The molecular weight excluding hydrogens is 452 g/mol. The Labute approximate surface area is 207 Å². The molecule has 9 nitrogen and oxygen atoms in total. The molecule has 2 N–H and O–H groups in total. The maximum absolute atomic E-state index is 13.2. The van der Waals surface area contributed by atoms with E-state index in [-0.39, 0.29) is 11.4 Å². The molecule has 0 bridgehead atoms. The molecule has 0 atom stereocenters. The third kappa shape index (κ3) is 4.48. The van der Waals surface area contributed by atoms with Crippen LogP contribution in [0.4, 0.5) is 17.5 Å². The largest absolute Gasteiger partial charge is 0.324 e. The Morgan fingerprint density at radius 2 is 1.72 bits per heavy atom. The number of carbonyl (C=O) groups is 1. The maximum atomic E-state index is 13.2. The van der Waals surface area contributed by atoms with E-state index in [1.807, 2.05) is 63.2 Å². The lowest BCUT2D eigenvalue weighted by atomic mass is 10.1. The quantitative estimate of drug-likeness (QED) is 0.367. The van der Waals surface area contributed by atoms with Gasteiger partial charge in [0.15, 0.2) is 11.6 Å². The van der Waals surface area contributed by atoms with Crippen LogP contribution in [0.3, 0.4) is 0 Å². The minimum absolute atomic E-state index is 0.230. The number of hydrogen-bond acceptors (Lipinski definition) is 7. The molecule has 176 valence electrons. The number of carbonyl (C=O) groups excluding carboxylic acids is 1. The average Bonchev–Trinajstić information content (AvgIpc) is 3.26. The Bertz CT molecular complexity index is 1640. The van der Waals surface area contributed by atoms with Gasteiger partial charge in [-0.2, -0.15) is 15.0 Å². The highest BCUT2D eigenvalue weighted by atomic mass is 16.1. The summed E-state index contributed by atoms with van der Waals surface area (Å²) in [6, 6.07) is 20.6. The SMILES string of the molecule is Cc1cc(C)nc(Nc2cccc(C(=O)Nc3c(C#N)cnn3-c3cc(C)c4ccccc4n3)c2)n1. The fourth-order valence-electron chi connectivity index (χ4n) is 3.99. The highest BCUT2D eigenvalue weighted by Gasteiger charge is 2.18. The van der Waals surface area contributed by atoms with Crippen molar-refractivity contribution in [2.24, 2.45) is 0 Å². The summed E-state index contributed by atoms with van der Waals surface area (Å²) in [6.45, 7) is 5.77. The Morgan fingerprint density at radius 1 is 0.944 bits per heavy atom. The van der Waals surface area contributed by atoms with Crippen molar-refractivity contribution in [2.75, 3.05) is 10.6 Å². The van der Waals surface area contributed by atoms with Crippen molar-refractivity contribution in [3.63, 3.8) is 0 Å². The lowest BCUT2D eigenvalue weighted by molar-refractivity contribution is 0.102. The Morgan fingerprint density at radius 3 is 2.50 bits per heavy atom. The first kappa shape index (κ1) is 22.7. The number of hydrogen-bond donors (Lipinski definition) is 2. The summed E-state index contributed by atoms with van der Waals surface area (Å²) < 4.78 is 1.47. The molecule has 0 aliphatic heterocycles. The summed E-state index contributed by atoms with van der Waals surface area (Å²) in [5.41, 5.74) is 4.77. The number of para-hydroxylation sites is 1. The molecule has 3 aromatic heterocycles. The number of pyridine rings is 1. The number of nitrogens with zero attached hydrogens (tertiary/aromatic N) is 6. The first-order valence-electron chi connectivity index (χ1n) is 11.3. The second kappa shape index (κ2) is 9.27. The van der Waals surface area contributed by atoms with Gasteiger partial charge in [0, 0.05) is 28.0 Å². The van der Waals surface area contributed by atoms with E-state index in [4.69, 9.17) is 0 Å². The number of rotatable bonds is 5. The third-order valence-electron chi connectivity index (χ3n) is 5.61. The van der Waals surface area contributed by atoms with E-state index in [2.05, 4.69) is 36.8 Å². The van der Waals surface area contributed by atoms with Gasteiger partial charge >= 0.3 is 0 Å². The van der Waals surface area contributed by atoms with Crippen molar-refractivity contribution in [3.05, 3.63) is 94.9 Å². The van der Waals surface area contributed by atoms with Crippen molar-refractivity contribution in [1.82, 2.24) is 24.7 Å². The van der Waals surface area contributed by atoms with Crippen molar-refractivity contribution in [1.29, 1.82) is 5.26 Å². The van der Waals surface area contributed by atoms with Crippen LogP contribution in [-0.2, 0) is 0 Å². The van der Waals surface area contributed by atoms with Gasteiger partial charge in [-0.25, -0.2) is 15.0 Å². The monoisotopic (exact) mass is 474 g/mol. The summed E-state index contributed by atoms with van der Waals surface area (Å²) in [5.74, 6) is 0.814. The normalized spacial score (nSPS) is 10.7. The fourth-order valence-corrected chi connectivity index (χ4v) is 3.99. The first-order valence-corrected chi connectivity index (χ1v) is 11.3. The van der Waals surface area contributed by atoms with Gasteiger partial charge in [0.25, 0.3) is 5.91 Å². The predicted molar refractivity (Wildman–Crippen MR) is 138 cm³/mol. The zero-order valence-electron chi connectivity index (χ0n) is 19.9. The highest BCUT2D eigenvalue weighted by Crippen LogP contribution is 2.24. The second-order valence-electron chi connectivity index (χ2n) is 8.38. The van der Waals surface area contributed by atoms with Gasteiger partial charge in [0.05, 0.1) is 11.7 Å². The lowest BCUT2D eigenvalue weighted by Crippen LogP contribution is -2.16. The van der Waals surface area contributed by atoms with E-state index < -0.39 is 5.91 Å². The lowest BCUT2D eigenvalue weighted by Gasteiger charge is -2.12. The number of benzene rings is 2. The van der Waals surface area contributed by atoms with Crippen LogP contribution in [0.1, 0.15) is 32.9 Å². The maximum Gasteiger partial charge on any atom is 0.256 e. The van der Waals surface area contributed by atoms with Crippen LogP contribution in [0, 0.1) is 32.1 Å². The van der Waals surface area contributed by atoms with Crippen LogP contribution >= 0.6 is 0 Å². The van der Waals surface area contributed by atoms with Gasteiger partial charge in [0.1, 0.15) is 11.6 Å². The third-order valence-corrected chi connectivity index (χ3v) is 5.61. The summed E-state index contributed by atoms with van der Waals surface area (Å²) in [5, 5.41) is 21.0. The molecule has 0 spiro atoms. The zero-order valence-corrected chi connectivity index (χ0v) is 19.9. The minimum atomic E-state index is -0.393. The molecule has 0 saturated carbocycles. The minimum Gasteiger partial charge on any atom is -0.324 e. The summed E-state index contributed by atoms with van der Waals surface area (Å²) >= 11 is 0. The van der Waals surface area contributed by atoms with Gasteiger partial charge in [-0.05, 0) is 62.7 Å². The second-order valence-corrected chi connectivity index (χ2v) is 8.38. The number of nitriles is 1. The molecule has 0 unspecified atom stereocenters. The van der Waals surface area contributed by atoms with Gasteiger partial charge in [0.2, 0.25) is 5.95 Å².